The number of carbonyl (C=O) groups excluding carboxylic acids is 2. The van der Waals surface area contributed by atoms with Crippen molar-refractivity contribution in [2.45, 2.75) is 30.5 Å². The normalized spacial score (nSPS) is 17.3. The molecular weight excluding hydrogens is 907 g/mol. The molecule has 7 aromatic rings. The second-order valence-corrected chi connectivity index (χ2v) is 16.3. The number of nitrogens with two attached hydrogens (primary N) is 1. The van der Waals surface area contributed by atoms with Crippen LogP contribution in [0.5, 0.6) is 0 Å². The second-order valence-electron chi connectivity index (χ2n) is 16.3. The fourth-order valence-electron chi connectivity index (χ4n) is 8.11. The first-order valence-electron chi connectivity index (χ1n) is 21.5. The fourth-order valence-corrected chi connectivity index (χ4v) is 8.11. The van der Waals surface area contributed by atoms with Gasteiger partial charge in [-0.3, -0.25) is 14.2 Å². The Balaban J connectivity index is 0.000000159. The van der Waals surface area contributed by atoms with Crippen LogP contribution in [0.3, 0.4) is 0 Å². The van der Waals surface area contributed by atoms with Gasteiger partial charge in [0.15, 0.2) is 11.6 Å². The van der Waals surface area contributed by atoms with Gasteiger partial charge >= 0.3 is 12.1 Å². The molecule has 0 aliphatic carbocycles. The van der Waals surface area contributed by atoms with Crippen LogP contribution >= 0.6 is 0 Å². The molecule has 19 heteroatoms. The summed E-state index contributed by atoms with van der Waals surface area (Å²) in [4.78, 5) is 37.0. The van der Waals surface area contributed by atoms with E-state index in [0.29, 0.717) is 48.4 Å². The van der Waals surface area contributed by atoms with Gasteiger partial charge in [-0.25, -0.2) is 35.9 Å². The minimum atomic E-state index is -1.27. The lowest BCUT2D eigenvalue weighted by Crippen LogP contribution is -2.40. The van der Waals surface area contributed by atoms with Gasteiger partial charge in [-0.2, -0.15) is 10.2 Å². The van der Waals surface area contributed by atoms with Crippen LogP contribution in [0.25, 0.3) is 22.5 Å². The van der Waals surface area contributed by atoms with E-state index in [9.17, 15) is 40.7 Å². The summed E-state index contributed by atoms with van der Waals surface area (Å²) in [6.07, 6.45) is 2.74. The molecule has 2 amide bonds. The molecule has 9 rings (SSSR count). The topological polar surface area (TPSA) is 170 Å². The number of halogens is 6. The Labute approximate surface area is 392 Å². The molecule has 0 spiro atoms. The van der Waals surface area contributed by atoms with Gasteiger partial charge in [-0.1, -0.05) is 54.6 Å². The third kappa shape index (κ3) is 11.9. The molecule has 13 nitrogen and oxygen atoms in total. The molecule has 2 fully saturated rings. The zero-order valence-corrected chi connectivity index (χ0v) is 37.1. The van der Waals surface area contributed by atoms with Crippen LogP contribution in [0.1, 0.15) is 49.2 Å². The molecule has 69 heavy (non-hydrogen) atoms. The number of ether oxygens (including phenoxy) is 1. The number of aryl methyl sites for hydroxylation is 2. The van der Waals surface area contributed by atoms with Gasteiger partial charge < -0.3 is 31.1 Å². The monoisotopic (exact) mass is 952 g/mol. The Morgan fingerprint density at radius 1 is 0.696 bits per heavy atom. The van der Waals surface area contributed by atoms with Crippen LogP contribution in [0.15, 0.2) is 128 Å². The number of aromatic nitrogens is 4. The molecule has 0 saturated carbocycles. The molecular formula is C50H46F6N8O5. The van der Waals surface area contributed by atoms with Crippen molar-refractivity contribution in [1.82, 2.24) is 35.1 Å². The highest BCUT2D eigenvalue weighted by molar-refractivity contribution is 5.95. The van der Waals surface area contributed by atoms with E-state index >= 15 is 0 Å². The van der Waals surface area contributed by atoms with E-state index in [1.165, 1.54) is 47.4 Å². The number of hydrogen-bond donors (Lipinski definition) is 4. The number of carboxylic acids is 1. The summed E-state index contributed by atoms with van der Waals surface area (Å²) in [5.41, 5.74) is 10.1. The summed E-state index contributed by atoms with van der Waals surface area (Å²) in [5.74, 6) is -7.01. The molecule has 2 aliphatic rings. The Morgan fingerprint density at radius 3 is 1.90 bits per heavy atom. The van der Waals surface area contributed by atoms with Crippen LogP contribution in [0, 0.1) is 34.9 Å². The second kappa shape index (κ2) is 21.9. The number of likely N-dealkylation sites (tertiary alicyclic amines) is 1. The van der Waals surface area contributed by atoms with Gasteiger partial charge in [0.25, 0.3) is 5.91 Å². The highest BCUT2D eigenvalue weighted by Crippen LogP contribution is 2.30. The van der Waals surface area contributed by atoms with E-state index < -0.39 is 58.9 Å². The molecule has 4 atom stereocenters. The van der Waals surface area contributed by atoms with E-state index in [1.54, 1.807) is 60.1 Å². The Kier molecular flexibility index (Phi) is 15.6. The van der Waals surface area contributed by atoms with Crippen LogP contribution in [-0.4, -0.2) is 85.8 Å². The summed E-state index contributed by atoms with van der Waals surface area (Å²) in [6.45, 7) is 1.65. The first kappa shape index (κ1) is 49.1. The molecule has 2 unspecified atom stereocenters. The van der Waals surface area contributed by atoms with Gasteiger partial charge in [0.1, 0.15) is 29.9 Å². The van der Waals surface area contributed by atoms with Crippen molar-refractivity contribution < 1.29 is 50.6 Å². The van der Waals surface area contributed by atoms with Gasteiger partial charge in [-0.05, 0) is 71.3 Å². The lowest BCUT2D eigenvalue weighted by molar-refractivity contribution is 0.0691. The predicted molar refractivity (Wildman–Crippen MR) is 243 cm³/mol. The Bertz CT molecular complexity index is 2950. The maximum absolute atomic E-state index is 14.6. The number of nitrogens with one attached hydrogen (secondary N) is 2. The zero-order chi connectivity index (χ0) is 49.4. The maximum Gasteiger partial charge on any atom is 0.410 e. The molecule has 2 aliphatic heterocycles. The lowest BCUT2D eigenvalue weighted by Gasteiger charge is -2.21. The lowest BCUT2D eigenvalue weighted by atomic mass is 9.93. The van der Waals surface area contributed by atoms with E-state index in [1.807, 2.05) is 30.3 Å². The summed E-state index contributed by atoms with van der Waals surface area (Å²) in [6, 6.07) is 27.5. The summed E-state index contributed by atoms with van der Waals surface area (Å²) >= 11 is 0. The van der Waals surface area contributed by atoms with Gasteiger partial charge in [-0.15, -0.1) is 0 Å². The number of nitrogens with zero attached hydrogens (tertiary/aromatic N) is 5. The number of rotatable bonds is 9. The van der Waals surface area contributed by atoms with Crippen LogP contribution in [0.4, 0.5) is 31.1 Å². The number of hydrogen-bond acceptors (Lipinski definition) is 8. The van der Waals surface area contributed by atoms with E-state index in [2.05, 4.69) is 20.8 Å². The minimum absolute atomic E-state index is 0.0962. The van der Waals surface area contributed by atoms with Gasteiger partial charge in [0.2, 0.25) is 0 Å². The molecule has 5 aromatic carbocycles. The summed E-state index contributed by atoms with van der Waals surface area (Å²) in [7, 11) is 3.48. The molecule has 0 bridgehead atoms. The molecule has 2 aromatic heterocycles. The SMILES string of the molecule is Cn1nccc1-c1ccc(C(=O)NC2CNCC2c2ccc(F)cc2F)c(F)c1.Cn1nccc1-c1ccc(C(=O)O)c(F)c1.N[C@@H]1CN(C(=O)OCc2ccccc2)C[C@H]1c1ccc(F)c(F)c1. The van der Waals surface area contributed by atoms with Crippen LogP contribution in [-0.2, 0) is 25.4 Å². The summed E-state index contributed by atoms with van der Waals surface area (Å²) in [5, 5.41) is 22.6. The molecule has 0 radical (unpaired) electrons. The summed E-state index contributed by atoms with van der Waals surface area (Å²) < 4.78 is 90.3. The van der Waals surface area contributed by atoms with Crippen LogP contribution < -0.4 is 16.4 Å². The van der Waals surface area contributed by atoms with E-state index in [0.717, 1.165) is 35.2 Å². The van der Waals surface area contributed by atoms with Crippen LogP contribution in [0.2, 0.25) is 0 Å². The van der Waals surface area contributed by atoms with Crippen molar-refractivity contribution in [3.8, 4) is 22.5 Å². The standard InChI is InChI=1S/C21H19F3N4O.C18H18F2N2O2.C11H9FN2O2/c1-28-20(6-7-26-28)12-2-4-15(17(23)8-12)21(29)27-19-11-25-10-16(19)14-5-3-13(22)9-18(14)24;19-15-7-6-13(8-16(15)20)14-9-22(10-17(14)21)18(23)24-11-12-4-2-1-3-5-12;1-14-10(4-5-13-14)7-2-3-8(11(15)16)9(12)6-7/h2-9,16,19,25H,10-11H2,1H3,(H,27,29);1-8,14,17H,9-11,21H2;2-6H,1H3,(H,15,16)/t;14-,17+;/m.0./s1. The van der Waals surface area contributed by atoms with Crippen molar-refractivity contribution in [1.29, 1.82) is 0 Å². The maximum atomic E-state index is 14.6. The van der Waals surface area contributed by atoms with Crippen molar-refractivity contribution in [2.24, 2.45) is 19.8 Å². The predicted octanol–water partition coefficient (Wildman–Crippen LogP) is 7.94. The van der Waals surface area contributed by atoms with Crippen molar-refractivity contribution in [3.05, 3.63) is 190 Å². The number of aromatic carboxylic acids is 1. The third-order valence-corrected chi connectivity index (χ3v) is 11.7. The Hall–Kier alpha value is -7.77. The molecule has 4 heterocycles. The molecule has 2 saturated heterocycles. The zero-order valence-electron chi connectivity index (χ0n) is 37.1. The first-order chi connectivity index (χ1) is 33.1. The van der Waals surface area contributed by atoms with E-state index in [-0.39, 0.29) is 35.6 Å². The van der Waals surface area contributed by atoms with Crippen molar-refractivity contribution in [3.63, 3.8) is 0 Å². The van der Waals surface area contributed by atoms with Crippen molar-refractivity contribution >= 4 is 18.0 Å². The van der Waals surface area contributed by atoms with E-state index in [4.69, 9.17) is 15.6 Å². The molecule has 358 valence electrons. The average Bonchev–Trinajstić information content (AvgIpc) is 4.15. The average molecular weight is 953 g/mol. The minimum Gasteiger partial charge on any atom is -0.478 e. The van der Waals surface area contributed by atoms with Gasteiger partial charge in [0, 0.05) is 93.8 Å². The fraction of sp³-hybridized carbons (Fsp3) is 0.220. The number of benzene rings is 5. The number of carboxylic acid groups (broad SMARTS) is 1. The Morgan fingerprint density at radius 2 is 1.33 bits per heavy atom. The highest BCUT2D eigenvalue weighted by Gasteiger charge is 2.35. The number of amides is 2. The largest absolute Gasteiger partial charge is 0.478 e. The first-order valence-corrected chi connectivity index (χ1v) is 21.5. The number of carbonyl (C=O) groups is 3. The molecule has 5 N–H and O–H groups in total. The third-order valence-electron chi connectivity index (χ3n) is 11.7. The quantitative estimate of drug-likeness (QED) is 0.105. The smallest absolute Gasteiger partial charge is 0.410 e. The van der Waals surface area contributed by atoms with Gasteiger partial charge in [0.05, 0.1) is 22.5 Å². The highest BCUT2D eigenvalue weighted by atomic mass is 19.2. The van der Waals surface area contributed by atoms with Crippen molar-refractivity contribution in [2.75, 3.05) is 26.2 Å².